The molecule has 1 aromatic carbocycles. The lowest BCUT2D eigenvalue weighted by Gasteiger charge is -2.18. The number of carbonyl (C=O) groups is 1. The highest BCUT2D eigenvalue weighted by Gasteiger charge is 2.15. The molecule has 100 valence electrons. The highest BCUT2D eigenvalue weighted by Crippen LogP contribution is 2.16. The van der Waals surface area contributed by atoms with E-state index in [2.05, 4.69) is 35.1 Å². The number of halogens is 3. The smallest absolute Gasteiger partial charge is 0.251 e. The molecule has 0 aliphatic carbocycles. The molecule has 18 heavy (non-hydrogen) atoms. The monoisotopic (exact) mass is 335 g/mol. The molecule has 1 rings (SSSR count). The van der Waals surface area contributed by atoms with E-state index in [1.165, 1.54) is 12.1 Å². The first-order chi connectivity index (χ1) is 8.43. The molecule has 0 spiro atoms. The van der Waals surface area contributed by atoms with Crippen molar-refractivity contribution in [3.8, 4) is 0 Å². The van der Waals surface area contributed by atoms with Gasteiger partial charge < -0.3 is 5.32 Å². The molecule has 0 aromatic heterocycles. The molecule has 0 fully saturated rings. The number of rotatable bonds is 5. The first kappa shape index (κ1) is 15.4. The van der Waals surface area contributed by atoms with Crippen LogP contribution in [-0.2, 0) is 0 Å². The molecule has 5 heteroatoms. The first-order valence-corrected chi connectivity index (χ1v) is 7.08. The zero-order valence-electron chi connectivity index (χ0n) is 10.3. The van der Waals surface area contributed by atoms with Crippen LogP contribution in [0.4, 0.5) is 4.39 Å². The molecule has 1 unspecified atom stereocenters. The van der Waals surface area contributed by atoms with Crippen molar-refractivity contribution in [3.63, 3.8) is 0 Å². The van der Waals surface area contributed by atoms with Crippen molar-refractivity contribution in [3.05, 3.63) is 34.1 Å². The minimum absolute atomic E-state index is 0.0918. The topological polar surface area (TPSA) is 29.1 Å². The van der Waals surface area contributed by atoms with E-state index in [1.807, 2.05) is 0 Å². The van der Waals surface area contributed by atoms with Gasteiger partial charge in [0.25, 0.3) is 5.91 Å². The zero-order chi connectivity index (χ0) is 13.7. The number of alkyl halides is 1. The van der Waals surface area contributed by atoms with Crippen molar-refractivity contribution >= 4 is 33.4 Å². The maximum atomic E-state index is 13.3. The minimum Gasteiger partial charge on any atom is -0.348 e. The Balaban J connectivity index is 2.71. The summed E-state index contributed by atoms with van der Waals surface area (Å²) in [5, 5.41) is 2.81. The molecule has 1 N–H and O–H groups in total. The van der Waals surface area contributed by atoms with Crippen molar-refractivity contribution < 1.29 is 9.18 Å². The van der Waals surface area contributed by atoms with Crippen LogP contribution in [0.5, 0.6) is 0 Å². The Hall–Kier alpha value is -0.610. The molecule has 1 atom stereocenters. The molecule has 0 saturated heterocycles. The highest BCUT2D eigenvalue weighted by molar-refractivity contribution is 9.10. The molecule has 0 aliphatic heterocycles. The highest BCUT2D eigenvalue weighted by atomic mass is 79.9. The minimum atomic E-state index is -0.450. The van der Waals surface area contributed by atoms with Crippen molar-refractivity contribution in [1.82, 2.24) is 5.32 Å². The molecule has 0 saturated carbocycles. The average Bonchev–Trinajstić information content (AvgIpc) is 2.31. The Bertz CT molecular complexity index is 425. The number of amides is 1. The fourth-order valence-corrected chi connectivity index (χ4v) is 2.09. The van der Waals surface area contributed by atoms with Crippen LogP contribution >= 0.6 is 27.5 Å². The summed E-state index contributed by atoms with van der Waals surface area (Å²) < 4.78 is 13.7. The molecule has 0 bridgehead atoms. The van der Waals surface area contributed by atoms with Gasteiger partial charge in [-0.05, 0) is 46.5 Å². The second-order valence-electron chi connectivity index (χ2n) is 4.58. The summed E-state index contributed by atoms with van der Waals surface area (Å²) in [5.41, 5.74) is 0.301. The number of nitrogens with one attached hydrogen (secondary N) is 1. The van der Waals surface area contributed by atoms with Gasteiger partial charge in [-0.2, -0.15) is 0 Å². The average molecular weight is 337 g/mol. The van der Waals surface area contributed by atoms with E-state index in [0.717, 1.165) is 6.42 Å². The summed E-state index contributed by atoms with van der Waals surface area (Å²) in [6.07, 6.45) is 0.800. The second-order valence-corrected chi connectivity index (χ2v) is 5.75. The van der Waals surface area contributed by atoms with Crippen LogP contribution in [0.2, 0.25) is 0 Å². The van der Waals surface area contributed by atoms with E-state index < -0.39 is 5.82 Å². The zero-order valence-corrected chi connectivity index (χ0v) is 12.7. The van der Waals surface area contributed by atoms with Gasteiger partial charge in [-0.15, -0.1) is 11.6 Å². The standard InChI is InChI=1S/C13H16BrClFNO/c1-8(2)5-10(7-15)17-13(18)9-3-4-11(14)12(16)6-9/h3-4,6,8,10H,5,7H2,1-2H3,(H,17,18). The Morgan fingerprint density at radius 2 is 2.17 bits per heavy atom. The van der Waals surface area contributed by atoms with Crippen LogP contribution in [0.3, 0.4) is 0 Å². The maximum absolute atomic E-state index is 13.3. The van der Waals surface area contributed by atoms with E-state index in [9.17, 15) is 9.18 Å². The van der Waals surface area contributed by atoms with E-state index in [-0.39, 0.29) is 11.9 Å². The van der Waals surface area contributed by atoms with E-state index in [4.69, 9.17) is 11.6 Å². The number of hydrogen-bond acceptors (Lipinski definition) is 1. The third-order valence-corrected chi connectivity index (χ3v) is 3.47. The Labute approximate surface area is 120 Å². The summed E-state index contributed by atoms with van der Waals surface area (Å²) in [4.78, 5) is 11.9. The first-order valence-electron chi connectivity index (χ1n) is 5.76. The number of hydrogen-bond donors (Lipinski definition) is 1. The van der Waals surface area contributed by atoms with Gasteiger partial charge in [-0.1, -0.05) is 13.8 Å². The SMILES string of the molecule is CC(C)CC(CCl)NC(=O)c1ccc(Br)c(F)c1. The van der Waals surface area contributed by atoms with Crippen LogP contribution in [0, 0.1) is 11.7 Å². The van der Waals surface area contributed by atoms with Gasteiger partial charge in [0.1, 0.15) is 5.82 Å². The summed E-state index contributed by atoms with van der Waals surface area (Å²) in [7, 11) is 0. The molecular formula is C13H16BrClFNO. The predicted molar refractivity (Wildman–Crippen MR) is 75.5 cm³/mol. The fraction of sp³-hybridized carbons (Fsp3) is 0.462. The summed E-state index contributed by atoms with van der Waals surface area (Å²) in [6.45, 7) is 4.12. The van der Waals surface area contributed by atoms with Gasteiger partial charge in [-0.25, -0.2) is 4.39 Å². The fourth-order valence-electron chi connectivity index (χ4n) is 1.64. The van der Waals surface area contributed by atoms with Crippen LogP contribution in [0.1, 0.15) is 30.6 Å². The van der Waals surface area contributed by atoms with Crippen LogP contribution in [0.25, 0.3) is 0 Å². The molecule has 1 aromatic rings. The third-order valence-electron chi connectivity index (χ3n) is 2.46. The van der Waals surface area contributed by atoms with Gasteiger partial charge in [-0.3, -0.25) is 4.79 Å². The lowest BCUT2D eigenvalue weighted by molar-refractivity contribution is 0.0936. The number of carbonyl (C=O) groups excluding carboxylic acids is 1. The van der Waals surface area contributed by atoms with Crippen LogP contribution in [0.15, 0.2) is 22.7 Å². The normalized spacial score (nSPS) is 12.6. The van der Waals surface area contributed by atoms with Gasteiger partial charge in [0, 0.05) is 17.5 Å². The van der Waals surface area contributed by atoms with Crippen LogP contribution < -0.4 is 5.32 Å². The molecule has 0 aliphatic rings. The predicted octanol–water partition coefficient (Wildman–Crippen LogP) is 3.97. The number of benzene rings is 1. The van der Waals surface area contributed by atoms with Crippen molar-refractivity contribution in [2.45, 2.75) is 26.3 Å². The van der Waals surface area contributed by atoms with Crippen molar-refractivity contribution in [1.29, 1.82) is 0 Å². The van der Waals surface area contributed by atoms with E-state index >= 15 is 0 Å². The summed E-state index contributed by atoms with van der Waals surface area (Å²) in [6, 6.07) is 4.21. The van der Waals surface area contributed by atoms with Crippen molar-refractivity contribution in [2.24, 2.45) is 5.92 Å². The lowest BCUT2D eigenvalue weighted by atomic mass is 10.0. The molecule has 0 radical (unpaired) electrons. The molecule has 1 amide bonds. The summed E-state index contributed by atoms with van der Waals surface area (Å²) >= 11 is 8.85. The van der Waals surface area contributed by atoms with Gasteiger partial charge in [0.2, 0.25) is 0 Å². The maximum Gasteiger partial charge on any atom is 0.251 e. The van der Waals surface area contributed by atoms with E-state index in [1.54, 1.807) is 6.07 Å². The molecule has 0 heterocycles. The van der Waals surface area contributed by atoms with Gasteiger partial charge >= 0.3 is 0 Å². The van der Waals surface area contributed by atoms with Gasteiger partial charge in [0.15, 0.2) is 0 Å². The Morgan fingerprint density at radius 3 is 2.67 bits per heavy atom. The molecule has 2 nitrogen and oxygen atoms in total. The quantitative estimate of drug-likeness (QED) is 0.810. The third kappa shape index (κ3) is 4.58. The Kier molecular flexibility index (Phi) is 6.09. The largest absolute Gasteiger partial charge is 0.348 e. The molecular weight excluding hydrogens is 321 g/mol. The van der Waals surface area contributed by atoms with Gasteiger partial charge in [0.05, 0.1) is 4.47 Å². The summed E-state index contributed by atoms with van der Waals surface area (Å²) in [5.74, 6) is 0.0421. The Morgan fingerprint density at radius 1 is 1.50 bits per heavy atom. The second kappa shape index (κ2) is 7.10. The van der Waals surface area contributed by atoms with Crippen molar-refractivity contribution in [2.75, 3.05) is 5.88 Å². The van der Waals surface area contributed by atoms with E-state index in [0.29, 0.717) is 21.8 Å². The lowest BCUT2D eigenvalue weighted by Crippen LogP contribution is -2.37. The van der Waals surface area contributed by atoms with Crippen LogP contribution in [-0.4, -0.2) is 17.8 Å².